The van der Waals surface area contributed by atoms with Gasteiger partial charge in [-0.2, -0.15) is 0 Å². The Balaban J connectivity index is 1.33. The number of piperazine rings is 1. The number of aryl methyl sites for hydroxylation is 1. The zero-order valence-electron chi connectivity index (χ0n) is 22.4. The Labute approximate surface area is 237 Å². The summed E-state index contributed by atoms with van der Waals surface area (Å²) in [6.07, 6.45) is 0. The Morgan fingerprint density at radius 3 is 2.27 bits per heavy atom. The van der Waals surface area contributed by atoms with Crippen LogP contribution in [0.3, 0.4) is 0 Å². The highest BCUT2D eigenvalue weighted by Crippen LogP contribution is 2.38. The van der Waals surface area contributed by atoms with E-state index in [0.29, 0.717) is 30.1 Å². The molecule has 2 heterocycles. The SMILES string of the molecule is COc1ccc(N2C(=O)C(Cl)=C(Nc3cc(C(=O)N4CCN(c5ccccc5)CC4)ccc3C)C2=O)c(OC)c1. The summed E-state index contributed by atoms with van der Waals surface area (Å²) in [5, 5.41) is 2.76. The minimum absolute atomic E-state index is 0.0753. The number of halogens is 1. The first-order valence-electron chi connectivity index (χ1n) is 12.8. The Morgan fingerprint density at radius 1 is 0.875 bits per heavy atom. The maximum absolute atomic E-state index is 13.4. The van der Waals surface area contributed by atoms with E-state index in [4.69, 9.17) is 21.1 Å². The summed E-state index contributed by atoms with van der Waals surface area (Å²) in [6.45, 7) is 4.49. The highest BCUT2D eigenvalue weighted by molar-refractivity contribution is 6.53. The van der Waals surface area contributed by atoms with Crippen LogP contribution in [-0.2, 0) is 9.59 Å². The van der Waals surface area contributed by atoms with Crippen LogP contribution < -0.4 is 24.6 Å². The maximum Gasteiger partial charge on any atom is 0.283 e. The molecule has 9 nitrogen and oxygen atoms in total. The molecule has 0 radical (unpaired) electrons. The number of rotatable bonds is 7. The first kappa shape index (κ1) is 27.1. The Hall–Kier alpha value is -4.50. The molecular weight excluding hydrogens is 532 g/mol. The topological polar surface area (TPSA) is 91.4 Å². The first-order chi connectivity index (χ1) is 19.3. The number of hydrogen-bond donors (Lipinski definition) is 1. The van der Waals surface area contributed by atoms with Crippen LogP contribution in [0.2, 0.25) is 0 Å². The number of amides is 3. The van der Waals surface area contributed by atoms with E-state index in [1.165, 1.54) is 14.2 Å². The van der Waals surface area contributed by atoms with Gasteiger partial charge in [-0.15, -0.1) is 0 Å². The number of benzene rings is 3. The van der Waals surface area contributed by atoms with Crippen molar-refractivity contribution in [2.75, 3.05) is 55.5 Å². The summed E-state index contributed by atoms with van der Waals surface area (Å²) in [5.41, 5.74) is 3.06. The van der Waals surface area contributed by atoms with Crippen molar-refractivity contribution in [1.82, 2.24) is 4.90 Å². The van der Waals surface area contributed by atoms with Gasteiger partial charge >= 0.3 is 0 Å². The molecule has 40 heavy (non-hydrogen) atoms. The summed E-state index contributed by atoms with van der Waals surface area (Å²) in [7, 11) is 2.94. The molecule has 0 aliphatic carbocycles. The zero-order chi connectivity index (χ0) is 28.4. The molecule has 2 aliphatic rings. The van der Waals surface area contributed by atoms with E-state index in [2.05, 4.69) is 22.3 Å². The molecule has 10 heteroatoms. The van der Waals surface area contributed by atoms with Crippen LogP contribution in [0.15, 0.2) is 77.5 Å². The van der Waals surface area contributed by atoms with Gasteiger partial charge in [-0.25, -0.2) is 4.90 Å². The van der Waals surface area contributed by atoms with Crippen LogP contribution >= 0.6 is 11.6 Å². The number of nitrogens with one attached hydrogen (secondary N) is 1. The van der Waals surface area contributed by atoms with Crippen molar-refractivity contribution < 1.29 is 23.9 Å². The van der Waals surface area contributed by atoms with Crippen molar-refractivity contribution in [2.45, 2.75) is 6.92 Å². The molecule has 5 rings (SSSR count). The molecule has 1 fully saturated rings. The summed E-state index contributed by atoms with van der Waals surface area (Å²) in [6, 6.07) is 20.1. The van der Waals surface area contributed by atoms with Gasteiger partial charge in [-0.1, -0.05) is 35.9 Å². The number of carbonyl (C=O) groups excluding carboxylic acids is 3. The third kappa shape index (κ3) is 5.08. The second-order valence-electron chi connectivity index (χ2n) is 9.44. The van der Waals surface area contributed by atoms with Crippen LogP contribution in [-0.4, -0.2) is 63.0 Å². The summed E-state index contributed by atoms with van der Waals surface area (Å²) in [4.78, 5) is 44.9. The van der Waals surface area contributed by atoms with Gasteiger partial charge in [0.25, 0.3) is 17.7 Å². The van der Waals surface area contributed by atoms with Gasteiger partial charge < -0.3 is 24.6 Å². The van der Waals surface area contributed by atoms with Gasteiger partial charge in [0.1, 0.15) is 22.2 Å². The van der Waals surface area contributed by atoms with Gasteiger partial charge in [0, 0.05) is 49.2 Å². The third-order valence-electron chi connectivity index (χ3n) is 7.09. The fraction of sp³-hybridized carbons (Fsp3) is 0.233. The molecule has 0 saturated carbocycles. The standard InChI is InChI=1S/C30H29ClN4O5/c1-19-9-10-20(28(36)34-15-13-33(14-16-34)21-7-5-4-6-8-21)17-23(19)32-27-26(31)29(37)35(30(27)38)24-12-11-22(39-2)18-25(24)40-3/h4-12,17-18,32H,13-16H2,1-3H3. The molecule has 3 aromatic rings. The van der Waals surface area contributed by atoms with Crippen molar-refractivity contribution in [1.29, 1.82) is 0 Å². The fourth-order valence-electron chi connectivity index (χ4n) is 4.81. The molecule has 3 aromatic carbocycles. The van der Waals surface area contributed by atoms with Crippen molar-refractivity contribution in [3.63, 3.8) is 0 Å². The number of imide groups is 1. The molecule has 206 valence electrons. The quantitative estimate of drug-likeness (QED) is 0.428. The van der Waals surface area contributed by atoms with E-state index >= 15 is 0 Å². The normalized spacial score (nSPS) is 15.6. The third-order valence-corrected chi connectivity index (χ3v) is 7.44. The minimum Gasteiger partial charge on any atom is -0.497 e. The number of hydrogen-bond acceptors (Lipinski definition) is 7. The van der Waals surface area contributed by atoms with E-state index in [1.807, 2.05) is 30.0 Å². The Bertz CT molecular complexity index is 1500. The molecule has 0 unspecified atom stereocenters. The Kier molecular flexibility index (Phi) is 7.66. The highest BCUT2D eigenvalue weighted by atomic mass is 35.5. The summed E-state index contributed by atoms with van der Waals surface area (Å²) >= 11 is 6.37. The Morgan fingerprint density at radius 2 is 1.60 bits per heavy atom. The molecule has 1 saturated heterocycles. The van der Waals surface area contributed by atoms with E-state index < -0.39 is 11.8 Å². The largest absolute Gasteiger partial charge is 0.497 e. The van der Waals surface area contributed by atoms with Crippen LogP contribution in [0.5, 0.6) is 11.5 Å². The van der Waals surface area contributed by atoms with Gasteiger partial charge in [-0.05, 0) is 48.9 Å². The van der Waals surface area contributed by atoms with E-state index in [-0.39, 0.29) is 28.1 Å². The highest BCUT2D eigenvalue weighted by Gasteiger charge is 2.40. The predicted molar refractivity (Wildman–Crippen MR) is 154 cm³/mol. The monoisotopic (exact) mass is 560 g/mol. The number of nitrogens with zero attached hydrogens (tertiary/aromatic N) is 3. The first-order valence-corrected chi connectivity index (χ1v) is 13.2. The summed E-state index contributed by atoms with van der Waals surface area (Å²) < 4.78 is 10.6. The van der Waals surface area contributed by atoms with Gasteiger partial charge in [-0.3, -0.25) is 14.4 Å². The van der Waals surface area contributed by atoms with Crippen molar-refractivity contribution in [2.24, 2.45) is 0 Å². The van der Waals surface area contributed by atoms with Crippen LogP contribution in [0.1, 0.15) is 15.9 Å². The van der Waals surface area contributed by atoms with Crippen LogP contribution in [0, 0.1) is 6.92 Å². The molecule has 0 atom stereocenters. The lowest BCUT2D eigenvalue weighted by Crippen LogP contribution is -2.48. The average Bonchev–Trinajstić information content (AvgIpc) is 3.20. The second-order valence-corrected chi connectivity index (χ2v) is 9.82. The molecule has 0 aromatic heterocycles. The minimum atomic E-state index is -0.682. The van der Waals surface area contributed by atoms with E-state index in [9.17, 15) is 14.4 Å². The lowest BCUT2D eigenvalue weighted by Gasteiger charge is -2.36. The molecule has 3 amide bonds. The van der Waals surface area contributed by atoms with E-state index in [1.54, 1.807) is 36.4 Å². The van der Waals surface area contributed by atoms with Gasteiger partial charge in [0.2, 0.25) is 0 Å². The smallest absolute Gasteiger partial charge is 0.283 e. The molecule has 1 N–H and O–H groups in total. The molecule has 2 aliphatic heterocycles. The number of methoxy groups -OCH3 is 2. The number of para-hydroxylation sites is 1. The lowest BCUT2D eigenvalue weighted by molar-refractivity contribution is -0.120. The fourth-order valence-corrected chi connectivity index (χ4v) is 5.03. The van der Waals surface area contributed by atoms with Crippen molar-refractivity contribution in [3.05, 3.63) is 88.6 Å². The van der Waals surface area contributed by atoms with Crippen LogP contribution in [0.4, 0.5) is 17.1 Å². The molecule has 0 bridgehead atoms. The molecule has 0 spiro atoms. The predicted octanol–water partition coefficient (Wildman–Crippen LogP) is 4.41. The number of ether oxygens (including phenoxy) is 2. The zero-order valence-corrected chi connectivity index (χ0v) is 23.2. The maximum atomic E-state index is 13.4. The van der Waals surface area contributed by atoms with Gasteiger partial charge in [0.05, 0.1) is 19.9 Å². The lowest BCUT2D eigenvalue weighted by atomic mass is 10.1. The van der Waals surface area contributed by atoms with Gasteiger partial charge in [0.15, 0.2) is 0 Å². The number of carbonyl (C=O) groups is 3. The van der Waals surface area contributed by atoms with Crippen LogP contribution in [0.25, 0.3) is 0 Å². The average molecular weight is 561 g/mol. The van der Waals surface area contributed by atoms with E-state index in [0.717, 1.165) is 29.2 Å². The summed E-state index contributed by atoms with van der Waals surface area (Å²) in [5.74, 6) is -0.627. The van der Waals surface area contributed by atoms with Crippen molar-refractivity contribution >= 4 is 46.4 Å². The second kappa shape index (κ2) is 11.3. The molecular formula is C30H29ClN4O5. The van der Waals surface area contributed by atoms with Crippen molar-refractivity contribution in [3.8, 4) is 11.5 Å². The number of anilines is 3.